The van der Waals surface area contributed by atoms with E-state index in [1.807, 2.05) is 61.5 Å². The largest absolute Gasteiger partial charge is 0.497 e. The van der Waals surface area contributed by atoms with Crippen molar-refractivity contribution >= 4 is 5.91 Å². The van der Waals surface area contributed by atoms with Gasteiger partial charge in [-0.2, -0.15) is 0 Å². The van der Waals surface area contributed by atoms with E-state index in [1.54, 1.807) is 25.9 Å². The summed E-state index contributed by atoms with van der Waals surface area (Å²) in [5, 5.41) is 10.2. The Morgan fingerprint density at radius 1 is 1.12 bits per heavy atom. The van der Waals surface area contributed by atoms with Gasteiger partial charge in [-0.25, -0.2) is 0 Å². The zero-order valence-corrected chi connectivity index (χ0v) is 15.4. The summed E-state index contributed by atoms with van der Waals surface area (Å²) in [5.41, 5.74) is 1.02. The predicted molar refractivity (Wildman–Crippen MR) is 99.6 cm³/mol. The Morgan fingerprint density at radius 2 is 1.72 bits per heavy atom. The number of amides is 1. The van der Waals surface area contributed by atoms with Gasteiger partial charge in [-0.3, -0.25) is 4.79 Å². The van der Waals surface area contributed by atoms with Crippen molar-refractivity contribution in [2.24, 2.45) is 0 Å². The lowest BCUT2D eigenvalue weighted by Crippen LogP contribution is -2.43. The number of hydrogen-bond donors (Lipinski definition) is 1. The molecule has 2 aromatic carbocycles. The van der Waals surface area contributed by atoms with E-state index in [4.69, 9.17) is 4.74 Å². The van der Waals surface area contributed by atoms with Crippen LogP contribution < -0.4 is 4.74 Å². The third-order valence-electron chi connectivity index (χ3n) is 4.09. The summed E-state index contributed by atoms with van der Waals surface area (Å²) in [6.45, 7) is 6.09. The van der Waals surface area contributed by atoms with Crippen LogP contribution in [0.3, 0.4) is 0 Å². The van der Waals surface area contributed by atoms with Gasteiger partial charge in [-0.05, 0) is 44.0 Å². The molecule has 2 rings (SSSR count). The van der Waals surface area contributed by atoms with Gasteiger partial charge in [0.2, 0.25) is 5.91 Å². The second-order valence-corrected chi connectivity index (χ2v) is 6.99. The number of methoxy groups -OCH3 is 1. The Kier molecular flexibility index (Phi) is 6.21. The van der Waals surface area contributed by atoms with Gasteiger partial charge in [0.05, 0.1) is 18.6 Å². The van der Waals surface area contributed by atoms with Crippen LogP contribution in [0.2, 0.25) is 0 Å². The van der Waals surface area contributed by atoms with E-state index in [9.17, 15) is 9.90 Å². The molecule has 0 spiro atoms. The summed E-state index contributed by atoms with van der Waals surface area (Å²) >= 11 is 0. The fraction of sp³-hybridized carbons (Fsp3) is 0.381. The zero-order valence-electron chi connectivity index (χ0n) is 15.4. The van der Waals surface area contributed by atoms with Crippen LogP contribution in [0.4, 0.5) is 0 Å². The number of carbonyl (C=O) groups excluding carboxylic acids is 1. The summed E-state index contributed by atoms with van der Waals surface area (Å²) in [5.74, 6) is 0.467. The number of benzene rings is 2. The first kappa shape index (κ1) is 19.0. The van der Waals surface area contributed by atoms with Crippen molar-refractivity contribution in [3.8, 4) is 5.75 Å². The molecule has 1 atom stereocenters. The molecule has 0 fully saturated rings. The summed E-state index contributed by atoms with van der Waals surface area (Å²) in [6.07, 6.45) is 0. The third-order valence-corrected chi connectivity index (χ3v) is 4.09. The van der Waals surface area contributed by atoms with Gasteiger partial charge >= 0.3 is 0 Å². The molecular weight excluding hydrogens is 314 g/mol. The molecule has 2 aromatic rings. The molecule has 4 heteroatoms. The molecule has 0 aliphatic rings. The standard InChI is InChI=1S/C21H27NO3/c1-16(18-10-12-19(25-4)13-11-18)20(23)22(15-21(2,3)24)14-17-8-6-5-7-9-17/h5-13,16,24H,14-15H2,1-4H3. The normalized spacial score (nSPS) is 12.5. The second kappa shape index (κ2) is 8.17. The molecule has 0 aliphatic carbocycles. The van der Waals surface area contributed by atoms with E-state index in [2.05, 4.69) is 0 Å². The van der Waals surface area contributed by atoms with Gasteiger partial charge in [0.25, 0.3) is 0 Å². The lowest BCUT2D eigenvalue weighted by Gasteiger charge is -2.31. The van der Waals surface area contributed by atoms with Gasteiger partial charge < -0.3 is 14.7 Å². The van der Waals surface area contributed by atoms with E-state index in [1.165, 1.54) is 0 Å². The number of carbonyl (C=O) groups is 1. The molecular formula is C21H27NO3. The molecule has 0 radical (unpaired) electrons. The van der Waals surface area contributed by atoms with Crippen LogP contribution in [-0.4, -0.2) is 35.2 Å². The molecule has 134 valence electrons. The van der Waals surface area contributed by atoms with E-state index < -0.39 is 5.60 Å². The molecule has 1 unspecified atom stereocenters. The summed E-state index contributed by atoms with van der Waals surface area (Å²) in [4.78, 5) is 14.8. The number of nitrogens with zero attached hydrogens (tertiary/aromatic N) is 1. The second-order valence-electron chi connectivity index (χ2n) is 6.99. The van der Waals surface area contributed by atoms with Gasteiger partial charge in [-0.15, -0.1) is 0 Å². The Balaban J connectivity index is 2.20. The maximum Gasteiger partial charge on any atom is 0.230 e. The lowest BCUT2D eigenvalue weighted by molar-refractivity contribution is -0.136. The van der Waals surface area contributed by atoms with Crippen molar-refractivity contribution in [1.29, 1.82) is 0 Å². The van der Waals surface area contributed by atoms with Crippen molar-refractivity contribution in [2.75, 3.05) is 13.7 Å². The van der Waals surface area contributed by atoms with Crippen molar-refractivity contribution in [2.45, 2.75) is 38.8 Å². The predicted octanol–water partition coefficient (Wildman–Crippen LogP) is 3.60. The first-order valence-corrected chi connectivity index (χ1v) is 8.49. The lowest BCUT2D eigenvalue weighted by atomic mass is 9.98. The summed E-state index contributed by atoms with van der Waals surface area (Å²) in [7, 11) is 1.62. The van der Waals surface area contributed by atoms with Crippen LogP contribution >= 0.6 is 0 Å². The molecule has 1 N–H and O–H groups in total. The van der Waals surface area contributed by atoms with Crippen molar-refractivity contribution in [1.82, 2.24) is 4.90 Å². The number of ether oxygens (including phenoxy) is 1. The quantitative estimate of drug-likeness (QED) is 0.837. The number of aliphatic hydroxyl groups is 1. The van der Waals surface area contributed by atoms with Crippen LogP contribution in [0.25, 0.3) is 0 Å². The average Bonchev–Trinajstić information content (AvgIpc) is 2.60. The Morgan fingerprint density at radius 3 is 2.24 bits per heavy atom. The fourth-order valence-corrected chi connectivity index (χ4v) is 2.79. The maximum atomic E-state index is 13.1. The molecule has 0 bridgehead atoms. The Bertz CT molecular complexity index is 675. The van der Waals surface area contributed by atoms with E-state index in [0.717, 1.165) is 16.9 Å². The smallest absolute Gasteiger partial charge is 0.230 e. The van der Waals surface area contributed by atoms with Crippen LogP contribution in [-0.2, 0) is 11.3 Å². The highest BCUT2D eigenvalue weighted by atomic mass is 16.5. The highest BCUT2D eigenvalue weighted by Crippen LogP contribution is 2.23. The van der Waals surface area contributed by atoms with Crippen molar-refractivity contribution < 1.29 is 14.6 Å². The van der Waals surface area contributed by atoms with Gasteiger partial charge in [0.15, 0.2) is 0 Å². The highest BCUT2D eigenvalue weighted by Gasteiger charge is 2.27. The van der Waals surface area contributed by atoms with Crippen LogP contribution in [0.1, 0.15) is 37.8 Å². The van der Waals surface area contributed by atoms with Gasteiger partial charge in [0, 0.05) is 13.1 Å². The van der Waals surface area contributed by atoms with Crippen LogP contribution in [0.5, 0.6) is 5.75 Å². The maximum absolute atomic E-state index is 13.1. The van der Waals surface area contributed by atoms with Gasteiger partial charge in [-0.1, -0.05) is 42.5 Å². The summed E-state index contributed by atoms with van der Waals surface area (Å²) in [6, 6.07) is 17.4. The molecule has 4 nitrogen and oxygen atoms in total. The molecule has 1 amide bonds. The Labute approximate surface area is 150 Å². The Hall–Kier alpha value is -2.33. The number of hydrogen-bond acceptors (Lipinski definition) is 3. The zero-order chi connectivity index (χ0) is 18.4. The molecule has 0 saturated carbocycles. The average molecular weight is 341 g/mol. The highest BCUT2D eigenvalue weighted by molar-refractivity contribution is 5.83. The minimum Gasteiger partial charge on any atom is -0.497 e. The molecule has 0 aliphatic heterocycles. The van der Waals surface area contributed by atoms with Crippen molar-refractivity contribution in [3.63, 3.8) is 0 Å². The molecule has 0 saturated heterocycles. The van der Waals surface area contributed by atoms with Crippen molar-refractivity contribution in [3.05, 3.63) is 65.7 Å². The number of rotatable bonds is 7. The molecule has 0 heterocycles. The molecule has 25 heavy (non-hydrogen) atoms. The minimum absolute atomic E-state index is 0.00357. The topological polar surface area (TPSA) is 49.8 Å². The summed E-state index contributed by atoms with van der Waals surface area (Å²) < 4.78 is 5.17. The fourth-order valence-electron chi connectivity index (χ4n) is 2.79. The first-order chi connectivity index (χ1) is 11.8. The monoisotopic (exact) mass is 341 g/mol. The van der Waals surface area contributed by atoms with Crippen LogP contribution in [0, 0.1) is 0 Å². The van der Waals surface area contributed by atoms with E-state index in [0.29, 0.717) is 6.54 Å². The van der Waals surface area contributed by atoms with E-state index in [-0.39, 0.29) is 18.4 Å². The first-order valence-electron chi connectivity index (χ1n) is 8.49. The van der Waals surface area contributed by atoms with Gasteiger partial charge in [0.1, 0.15) is 5.75 Å². The molecule has 0 aromatic heterocycles. The third kappa shape index (κ3) is 5.61. The minimum atomic E-state index is -0.954. The van der Waals surface area contributed by atoms with Crippen LogP contribution in [0.15, 0.2) is 54.6 Å². The SMILES string of the molecule is COc1ccc(C(C)C(=O)N(Cc2ccccc2)CC(C)(C)O)cc1. The van der Waals surface area contributed by atoms with E-state index >= 15 is 0 Å².